The molecule has 1 aromatic carbocycles. The van der Waals surface area contributed by atoms with Gasteiger partial charge in [-0.15, -0.1) is 0 Å². The Morgan fingerprint density at radius 3 is 2.75 bits per heavy atom. The molecule has 5 N–H and O–H groups in total. The molecule has 104 valence electrons. The molecule has 2 aromatic rings. The fourth-order valence-corrected chi connectivity index (χ4v) is 1.94. The molecule has 0 aliphatic heterocycles. The number of nitrogens with two attached hydrogens (primary N) is 2. The van der Waals surface area contributed by atoms with Crippen LogP contribution in [0.5, 0.6) is 0 Å². The van der Waals surface area contributed by atoms with Crippen LogP contribution in [0.4, 0.5) is 5.82 Å². The summed E-state index contributed by atoms with van der Waals surface area (Å²) in [7, 11) is 0. The number of fused-ring (bicyclic) bond motifs is 1. The molecule has 0 unspecified atom stereocenters. The monoisotopic (exact) mass is 272 g/mol. The Bertz CT molecular complexity index is 655. The molecule has 20 heavy (non-hydrogen) atoms. The molecular formula is C14H16N4O2. The number of aromatic nitrogens is 1. The molecule has 0 aliphatic rings. The van der Waals surface area contributed by atoms with E-state index in [1.54, 1.807) is 12.1 Å². The Kier molecular flexibility index (Phi) is 4.14. The molecule has 1 aromatic heterocycles. The number of nitrogens with one attached hydrogen (secondary N) is 1. The summed E-state index contributed by atoms with van der Waals surface area (Å²) in [6, 6.07) is 8.84. The zero-order valence-corrected chi connectivity index (χ0v) is 10.9. The number of amides is 2. The van der Waals surface area contributed by atoms with Crippen LogP contribution in [0.2, 0.25) is 0 Å². The summed E-state index contributed by atoms with van der Waals surface area (Å²) in [5.74, 6) is -0.316. The van der Waals surface area contributed by atoms with Crippen LogP contribution in [-0.2, 0) is 4.79 Å². The molecule has 0 atom stereocenters. The summed E-state index contributed by atoms with van der Waals surface area (Å²) in [6.07, 6.45) is 0.763. The number of anilines is 1. The van der Waals surface area contributed by atoms with Crippen molar-refractivity contribution in [3.63, 3.8) is 0 Å². The molecule has 0 fully saturated rings. The van der Waals surface area contributed by atoms with Crippen LogP contribution >= 0.6 is 0 Å². The highest BCUT2D eigenvalue weighted by Gasteiger charge is 2.11. The number of hydrogen-bond donors (Lipinski definition) is 3. The lowest BCUT2D eigenvalue weighted by atomic mass is 10.1. The molecule has 0 spiro atoms. The maximum atomic E-state index is 12.1. The van der Waals surface area contributed by atoms with E-state index < -0.39 is 0 Å². The van der Waals surface area contributed by atoms with Gasteiger partial charge in [-0.2, -0.15) is 0 Å². The van der Waals surface area contributed by atoms with Gasteiger partial charge in [0.1, 0.15) is 5.82 Å². The highest BCUT2D eigenvalue weighted by Crippen LogP contribution is 2.19. The van der Waals surface area contributed by atoms with E-state index in [0.29, 0.717) is 29.9 Å². The van der Waals surface area contributed by atoms with Gasteiger partial charge in [0, 0.05) is 18.4 Å². The van der Waals surface area contributed by atoms with Gasteiger partial charge in [-0.1, -0.05) is 18.2 Å². The van der Waals surface area contributed by atoms with Crippen LogP contribution in [0.1, 0.15) is 23.2 Å². The maximum absolute atomic E-state index is 12.1. The second-order valence-electron chi connectivity index (χ2n) is 4.44. The van der Waals surface area contributed by atoms with Gasteiger partial charge in [0.2, 0.25) is 5.91 Å². The molecule has 0 saturated carbocycles. The second-order valence-corrected chi connectivity index (χ2v) is 4.44. The third kappa shape index (κ3) is 3.23. The van der Waals surface area contributed by atoms with Gasteiger partial charge >= 0.3 is 0 Å². The molecule has 0 aliphatic carbocycles. The van der Waals surface area contributed by atoms with Gasteiger partial charge in [0.25, 0.3) is 5.91 Å². The number of carbonyl (C=O) groups excluding carboxylic acids is 2. The maximum Gasteiger partial charge on any atom is 0.252 e. The van der Waals surface area contributed by atoms with E-state index in [0.717, 1.165) is 5.39 Å². The summed E-state index contributed by atoms with van der Waals surface area (Å²) in [5, 5.41) is 3.49. The van der Waals surface area contributed by atoms with Crippen molar-refractivity contribution in [2.75, 3.05) is 12.3 Å². The van der Waals surface area contributed by atoms with Crippen molar-refractivity contribution < 1.29 is 9.59 Å². The minimum atomic E-state index is -0.377. The molecule has 6 heteroatoms. The molecule has 2 amide bonds. The SMILES string of the molecule is NC(=O)CCCNC(=O)c1cc(N)nc2ccccc12. The zero-order valence-electron chi connectivity index (χ0n) is 10.9. The summed E-state index contributed by atoms with van der Waals surface area (Å²) in [5.41, 5.74) is 11.9. The third-order valence-corrected chi connectivity index (χ3v) is 2.87. The van der Waals surface area contributed by atoms with E-state index in [9.17, 15) is 9.59 Å². The molecule has 0 saturated heterocycles. The summed E-state index contributed by atoms with van der Waals surface area (Å²) in [6.45, 7) is 0.387. The number of hydrogen-bond acceptors (Lipinski definition) is 4. The quantitative estimate of drug-likeness (QED) is 0.699. The first-order chi connectivity index (χ1) is 9.58. The molecule has 2 rings (SSSR count). The third-order valence-electron chi connectivity index (χ3n) is 2.87. The van der Waals surface area contributed by atoms with Crippen molar-refractivity contribution >= 4 is 28.5 Å². The zero-order chi connectivity index (χ0) is 14.5. The molecular weight excluding hydrogens is 256 g/mol. The first kappa shape index (κ1) is 13.8. The van der Waals surface area contributed by atoms with Gasteiger partial charge in [0.05, 0.1) is 11.1 Å². The first-order valence-electron chi connectivity index (χ1n) is 6.29. The van der Waals surface area contributed by atoms with Crippen LogP contribution in [0.25, 0.3) is 10.9 Å². The predicted molar refractivity (Wildman–Crippen MR) is 76.9 cm³/mol. The van der Waals surface area contributed by atoms with Crippen LogP contribution in [-0.4, -0.2) is 23.3 Å². The van der Waals surface area contributed by atoms with Gasteiger partial charge in [-0.25, -0.2) is 4.98 Å². The largest absolute Gasteiger partial charge is 0.384 e. The Balaban J connectivity index is 2.15. The van der Waals surface area contributed by atoms with E-state index in [2.05, 4.69) is 10.3 Å². The van der Waals surface area contributed by atoms with Gasteiger partial charge < -0.3 is 16.8 Å². The lowest BCUT2D eigenvalue weighted by Crippen LogP contribution is -2.26. The van der Waals surface area contributed by atoms with Crippen LogP contribution < -0.4 is 16.8 Å². The van der Waals surface area contributed by atoms with Crippen molar-refractivity contribution in [2.24, 2.45) is 5.73 Å². The van der Waals surface area contributed by atoms with Crippen LogP contribution in [0.3, 0.4) is 0 Å². The van der Waals surface area contributed by atoms with Crippen molar-refractivity contribution in [2.45, 2.75) is 12.8 Å². The van der Waals surface area contributed by atoms with E-state index in [4.69, 9.17) is 11.5 Å². The van der Waals surface area contributed by atoms with E-state index in [1.807, 2.05) is 18.2 Å². The van der Waals surface area contributed by atoms with Crippen molar-refractivity contribution in [3.8, 4) is 0 Å². The van der Waals surface area contributed by atoms with Gasteiger partial charge in [-0.05, 0) is 18.6 Å². The van der Waals surface area contributed by atoms with Crippen LogP contribution in [0, 0.1) is 0 Å². The Labute approximate surface area is 116 Å². The average molecular weight is 272 g/mol. The minimum absolute atomic E-state index is 0.236. The number of carbonyl (C=O) groups is 2. The smallest absolute Gasteiger partial charge is 0.252 e. The second kappa shape index (κ2) is 6.01. The number of nitrogens with zero attached hydrogens (tertiary/aromatic N) is 1. The topological polar surface area (TPSA) is 111 Å². The Morgan fingerprint density at radius 1 is 1.25 bits per heavy atom. The number of rotatable bonds is 5. The normalized spacial score (nSPS) is 10.4. The fourth-order valence-electron chi connectivity index (χ4n) is 1.94. The summed E-state index contributed by atoms with van der Waals surface area (Å²) < 4.78 is 0. The first-order valence-corrected chi connectivity index (χ1v) is 6.29. The number of nitrogen functional groups attached to an aromatic ring is 1. The summed E-state index contributed by atoms with van der Waals surface area (Å²) in [4.78, 5) is 26.9. The standard InChI is InChI=1S/C14H16N4O2/c15-12-8-10(9-4-1-2-5-11(9)18-12)14(20)17-7-3-6-13(16)19/h1-2,4-5,8H,3,6-7H2,(H2,15,18)(H2,16,19)(H,17,20). The van der Waals surface area contributed by atoms with Crippen LogP contribution in [0.15, 0.2) is 30.3 Å². The predicted octanol–water partition coefficient (Wildman–Crippen LogP) is 0.812. The Morgan fingerprint density at radius 2 is 2.00 bits per heavy atom. The minimum Gasteiger partial charge on any atom is -0.384 e. The van der Waals surface area contributed by atoms with E-state index in [1.165, 1.54) is 0 Å². The summed E-state index contributed by atoms with van der Waals surface area (Å²) >= 11 is 0. The highest BCUT2D eigenvalue weighted by molar-refractivity contribution is 6.06. The molecule has 0 bridgehead atoms. The van der Waals surface area contributed by atoms with Gasteiger partial charge in [-0.3, -0.25) is 9.59 Å². The average Bonchev–Trinajstić information content (AvgIpc) is 2.42. The molecule has 6 nitrogen and oxygen atoms in total. The lowest BCUT2D eigenvalue weighted by molar-refractivity contribution is -0.118. The number of para-hydroxylation sites is 1. The molecule has 0 radical (unpaired) electrons. The van der Waals surface area contributed by atoms with E-state index in [-0.39, 0.29) is 18.2 Å². The van der Waals surface area contributed by atoms with E-state index >= 15 is 0 Å². The van der Waals surface area contributed by atoms with Gasteiger partial charge in [0.15, 0.2) is 0 Å². The molecule has 1 heterocycles. The number of pyridine rings is 1. The number of primary amides is 1. The highest BCUT2D eigenvalue weighted by atomic mass is 16.2. The van der Waals surface area contributed by atoms with Crippen molar-refractivity contribution in [1.29, 1.82) is 0 Å². The van der Waals surface area contributed by atoms with Crippen molar-refractivity contribution in [1.82, 2.24) is 10.3 Å². The Hall–Kier alpha value is -2.63. The lowest BCUT2D eigenvalue weighted by Gasteiger charge is -2.08. The number of benzene rings is 1. The fraction of sp³-hybridized carbons (Fsp3) is 0.214. The van der Waals surface area contributed by atoms with Crippen molar-refractivity contribution in [3.05, 3.63) is 35.9 Å².